The lowest BCUT2D eigenvalue weighted by Gasteiger charge is -2.05. The van der Waals surface area contributed by atoms with E-state index < -0.39 is 0 Å². The van der Waals surface area contributed by atoms with Crippen molar-refractivity contribution in [3.05, 3.63) is 10.4 Å². The van der Waals surface area contributed by atoms with E-state index in [0.717, 1.165) is 5.00 Å². The molecule has 1 heterocycles. The molecular formula is C12H17N3OS. The molecule has 1 amide bonds. The lowest BCUT2D eigenvalue weighted by molar-refractivity contribution is 0.0968. The molecule has 0 unspecified atom stereocenters. The van der Waals surface area contributed by atoms with E-state index in [1.54, 1.807) is 7.05 Å². The van der Waals surface area contributed by atoms with Crippen LogP contribution in [0, 0.1) is 0 Å². The Kier molecular flexibility index (Phi) is 2.50. The van der Waals surface area contributed by atoms with Gasteiger partial charge in [-0.3, -0.25) is 4.79 Å². The van der Waals surface area contributed by atoms with Crippen molar-refractivity contribution in [1.29, 1.82) is 0 Å². The van der Waals surface area contributed by atoms with Gasteiger partial charge in [-0.2, -0.15) is 0 Å². The van der Waals surface area contributed by atoms with Gasteiger partial charge in [-0.1, -0.05) is 0 Å². The molecule has 2 aliphatic rings. The topological polar surface area (TPSA) is 67.2 Å². The zero-order valence-electron chi connectivity index (χ0n) is 9.88. The van der Waals surface area contributed by atoms with E-state index >= 15 is 0 Å². The fourth-order valence-corrected chi connectivity index (χ4v) is 3.27. The number of nitrogen functional groups attached to an aromatic ring is 1. The summed E-state index contributed by atoms with van der Waals surface area (Å²) >= 11 is 1.51. The molecule has 2 aliphatic carbocycles. The molecule has 0 bridgehead atoms. The van der Waals surface area contributed by atoms with Gasteiger partial charge >= 0.3 is 0 Å². The first-order valence-corrected chi connectivity index (χ1v) is 6.93. The van der Waals surface area contributed by atoms with Gasteiger partial charge in [-0.25, -0.2) is 0 Å². The number of nitrogens with two attached hydrogens (primary N) is 1. The summed E-state index contributed by atoms with van der Waals surface area (Å²) in [7, 11) is 1.65. The van der Waals surface area contributed by atoms with E-state index in [1.165, 1.54) is 42.6 Å². The molecule has 17 heavy (non-hydrogen) atoms. The second kappa shape index (κ2) is 3.91. The largest absolute Gasteiger partial charge is 0.397 e. The Hall–Kier alpha value is -1.23. The summed E-state index contributed by atoms with van der Waals surface area (Å²) in [4.78, 5) is 12.4. The fourth-order valence-electron chi connectivity index (χ4n) is 2.04. The van der Waals surface area contributed by atoms with Crippen LogP contribution < -0.4 is 16.4 Å². The molecule has 1 aromatic heterocycles. The third kappa shape index (κ3) is 1.99. The minimum absolute atomic E-state index is 0.0711. The molecule has 5 heteroatoms. The van der Waals surface area contributed by atoms with E-state index in [1.807, 2.05) is 0 Å². The van der Waals surface area contributed by atoms with Crippen molar-refractivity contribution in [1.82, 2.24) is 5.32 Å². The smallest absolute Gasteiger partial charge is 0.263 e. The molecule has 92 valence electrons. The zero-order chi connectivity index (χ0) is 12.0. The van der Waals surface area contributed by atoms with Gasteiger partial charge in [0.15, 0.2) is 0 Å². The first kappa shape index (κ1) is 10.9. The summed E-state index contributed by atoms with van der Waals surface area (Å²) in [5.74, 6) is 0.504. The molecule has 0 aliphatic heterocycles. The summed E-state index contributed by atoms with van der Waals surface area (Å²) in [5.41, 5.74) is 8.02. The number of amides is 1. The van der Waals surface area contributed by atoms with Gasteiger partial charge in [0.25, 0.3) is 5.91 Å². The van der Waals surface area contributed by atoms with Gasteiger partial charge in [0, 0.05) is 18.7 Å². The molecule has 1 aromatic rings. The lowest BCUT2D eigenvalue weighted by atomic mass is 10.1. The molecule has 4 nitrogen and oxygen atoms in total. The Morgan fingerprint density at radius 1 is 1.35 bits per heavy atom. The normalized spacial score (nSPS) is 19.1. The maximum atomic E-state index is 11.7. The quantitative estimate of drug-likeness (QED) is 0.768. The minimum atomic E-state index is -0.0711. The minimum Gasteiger partial charge on any atom is -0.397 e. The monoisotopic (exact) mass is 251 g/mol. The van der Waals surface area contributed by atoms with Crippen LogP contribution in [0.3, 0.4) is 0 Å². The first-order chi connectivity index (χ1) is 8.20. The maximum absolute atomic E-state index is 11.7. The van der Waals surface area contributed by atoms with Crippen molar-refractivity contribution < 1.29 is 4.79 Å². The molecule has 4 N–H and O–H groups in total. The number of anilines is 2. The van der Waals surface area contributed by atoms with Crippen molar-refractivity contribution in [2.24, 2.45) is 0 Å². The SMILES string of the molecule is CNC(=O)c1sc(NC2CC2)c(C2CC2)c1N. The van der Waals surface area contributed by atoms with E-state index in [0.29, 0.717) is 22.5 Å². The third-order valence-electron chi connectivity index (χ3n) is 3.32. The Labute approximate surface area is 105 Å². The van der Waals surface area contributed by atoms with Gasteiger partial charge in [0.1, 0.15) is 4.88 Å². The molecule has 2 fully saturated rings. The number of hydrogen-bond donors (Lipinski definition) is 3. The van der Waals surface area contributed by atoms with Crippen LogP contribution in [0.25, 0.3) is 0 Å². The summed E-state index contributed by atoms with van der Waals surface area (Å²) < 4.78 is 0. The third-order valence-corrected chi connectivity index (χ3v) is 4.47. The van der Waals surface area contributed by atoms with Crippen molar-refractivity contribution in [2.45, 2.75) is 37.6 Å². The molecule has 0 radical (unpaired) electrons. The second-order valence-electron chi connectivity index (χ2n) is 4.86. The van der Waals surface area contributed by atoms with Crippen LogP contribution in [0.1, 0.15) is 46.8 Å². The van der Waals surface area contributed by atoms with Crippen LogP contribution in [-0.4, -0.2) is 19.0 Å². The van der Waals surface area contributed by atoms with Crippen LogP contribution >= 0.6 is 11.3 Å². The molecule has 3 rings (SSSR count). The summed E-state index contributed by atoms with van der Waals surface area (Å²) in [6, 6.07) is 0.600. The van der Waals surface area contributed by atoms with E-state index in [2.05, 4.69) is 10.6 Å². The Balaban J connectivity index is 1.96. The summed E-state index contributed by atoms with van der Waals surface area (Å²) in [5, 5.41) is 7.29. The molecule has 0 atom stereocenters. The average Bonchev–Trinajstić information content (AvgIpc) is 3.19. The van der Waals surface area contributed by atoms with E-state index in [9.17, 15) is 4.79 Å². The predicted molar refractivity (Wildman–Crippen MR) is 70.7 cm³/mol. The summed E-state index contributed by atoms with van der Waals surface area (Å²) in [6.45, 7) is 0. The summed E-state index contributed by atoms with van der Waals surface area (Å²) in [6.07, 6.45) is 4.87. The number of carbonyl (C=O) groups excluding carboxylic acids is 1. The highest BCUT2D eigenvalue weighted by molar-refractivity contribution is 7.18. The zero-order valence-corrected chi connectivity index (χ0v) is 10.7. The standard InChI is InChI=1S/C12H17N3OS/c1-14-11(16)10-9(13)8(6-2-3-6)12(17-10)15-7-4-5-7/h6-7,15H,2-5,13H2,1H3,(H,14,16). The van der Waals surface area contributed by atoms with Crippen LogP contribution in [0.5, 0.6) is 0 Å². The number of thiophene rings is 1. The number of carbonyl (C=O) groups is 1. The van der Waals surface area contributed by atoms with E-state index in [-0.39, 0.29) is 5.91 Å². The van der Waals surface area contributed by atoms with Crippen molar-refractivity contribution >= 4 is 27.9 Å². The van der Waals surface area contributed by atoms with Crippen molar-refractivity contribution in [3.8, 4) is 0 Å². The van der Waals surface area contributed by atoms with Gasteiger partial charge in [0.05, 0.1) is 10.7 Å². The highest BCUT2D eigenvalue weighted by Crippen LogP contribution is 2.51. The number of hydrogen-bond acceptors (Lipinski definition) is 4. The Bertz CT molecular complexity index is 461. The lowest BCUT2D eigenvalue weighted by Crippen LogP contribution is -2.17. The van der Waals surface area contributed by atoms with Crippen molar-refractivity contribution in [2.75, 3.05) is 18.1 Å². The van der Waals surface area contributed by atoms with Crippen LogP contribution in [0.2, 0.25) is 0 Å². The number of rotatable bonds is 4. The van der Waals surface area contributed by atoms with Gasteiger partial charge < -0.3 is 16.4 Å². The average molecular weight is 251 g/mol. The number of nitrogens with one attached hydrogen (secondary N) is 2. The maximum Gasteiger partial charge on any atom is 0.263 e. The fraction of sp³-hybridized carbons (Fsp3) is 0.583. The van der Waals surface area contributed by atoms with Crippen LogP contribution in [0.15, 0.2) is 0 Å². The van der Waals surface area contributed by atoms with Crippen LogP contribution in [-0.2, 0) is 0 Å². The second-order valence-corrected chi connectivity index (χ2v) is 5.88. The van der Waals surface area contributed by atoms with Gasteiger partial charge in [0.2, 0.25) is 0 Å². The molecule has 0 saturated heterocycles. The molecule has 0 aromatic carbocycles. The van der Waals surface area contributed by atoms with Crippen molar-refractivity contribution in [3.63, 3.8) is 0 Å². The van der Waals surface area contributed by atoms with Crippen LogP contribution in [0.4, 0.5) is 10.7 Å². The first-order valence-electron chi connectivity index (χ1n) is 6.11. The van der Waals surface area contributed by atoms with Gasteiger partial charge in [-0.05, 0) is 31.6 Å². The Morgan fingerprint density at radius 2 is 2.06 bits per heavy atom. The highest BCUT2D eigenvalue weighted by atomic mass is 32.1. The van der Waals surface area contributed by atoms with E-state index in [4.69, 9.17) is 5.73 Å². The molecular weight excluding hydrogens is 234 g/mol. The molecule has 0 spiro atoms. The Morgan fingerprint density at radius 3 is 2.59 bits per heavy atom. The molecule has 2 saturated carbocycles. The van der Waals surface area contributed by atoms with Gasteiger partial charge in [-0.15, -0.1) is 11.3 Å². The predicted octanol–water partition coefficient (Wildman–Crippen LogP) is 2.14. The highest BCUT2D eigenvalue weighted by Gasteiger charge is 2.34.